The van der Waals surface area contributed by atoms with Crippen molar-refractivity contribution in [3.63, 3.8) is 0 Å². The van der Waals surface area contributed by atoms with Gasteiger partial charge in [-0.25, -0.2) is 9.78 Å². The first kappa shape index (κ1) is 25.4. The van der Waals surface area contributed by atoms with Gasteiger partial charge in [0.15, 0.2) is 6.23 Å². The molecule has 0 bridgehead atoms. The molecule has 204 valence electrons. The zero-order valence-corrected chi connectivity index (χ0v) is 22.7. The Balaban J connectivity index is 1.73. The van der Waals surface area contributed by atoms with E-state index in [4.69, 9.17) is 19.2 Å². The minimum Gasteiger partial charge on any atom is -0.497 e. The van der Waals surface area contributed by atoms with E-state index < -0.39 is 41.6 Å². The molecule has 1 aromatic carbocycles. The van der Waals surface area contributed by atoms with Gasteiger partial charge in [-0.05, 0) is 58.7 Å². The van der Waals surface area contributed by atoms with Gasteiger partial charge in [0.2, 0.25) is 5.91 Å². The summed E-state index contributed by atoms with van der Waals surface area (Å²) in [5.74, 6) is -0.130. The molecule has 1 N–H and O–H groups in total. The molecule has 10 nitrogen and oxygen atoms in total. The Bertz CT molecular complexity index is 1360. The number of fused-ring (bicyclic) bond motifs is 6. The van der Waals surface area contributed by atoms with E-state index in [1.54, 1.807) is 7.11 Å². The van der Waals surface area contributed by atoms with E-state index in [9.17, 15) is 14.7 Å². The summed E-state index contributed by atoms with van der Waals surface area (Å²) in [5.41, 5.74) is 0.152. The summed E-state index contributed by atoms with van der Waals surface area (Å²) in [6.07, 6.45) is 1.73. The predicted molar refractivity (Wildman–Crippen MR) is 137 cm³/mol. The molecular formula is C28H35N3O7. The maximum atomic E-state index is 14.2. The van der Waals surface area contributed by atoms with E-state index in [1.165, 1.54) is 16.9 Å². The summed E-state index contributed by atoms with van der Waals surface area (Å²) in [6.45, 7) is 8.15. The maximum absolute atomic E-state index is 14.2. The quantitative estimate of drug-likeness (QED) is 0.483. The number of aromatic nitrogens is 1. The standard InChI is InChI=1S/C28H35N3O7/c1-15(2)12-21-30-19-13-16(35-5)9-10-17(19)22-23(30)20(14-27(3,4)38-37-21)31-25(32)18-8-7-11-29(18)26(33)28(31,34)24(22)36-6/h9-10,12-13,18,20-21,24,34H,7-8,11,14H2,1-6H3. The van der Waals surface area contributed by atoms with Crippen LogP contribution in [0.15, 0.2) is 29.8 Å². The van der Waals surface area contributed by atoms with Gasteiger partial charge < -0.3 is 24.0 Å². The van der Waals surface area contributed by atoms with Crippen LogP contribution in [0.2, 0.25) is 0 Å². The molecular weight excluding hydrogens is 490 g/mol. The molecule has 6 rings (SSSR count). The molecule has 0 aliphatic carbocycles. The Morgan fingerprint density at radius 2 is 1.95 bits per heavy atom. The van der Waals surface area contributed by atoms with Crippen molar-refractivity contribution in [3.05, 3.63) is 41.1 Å². The van der Waals surface area contributed by atoms with Crippen molar-refractivity contribution in [2.45, 2.75) is 82.7 Å². The number of piperazine rings is 1. The summed E-state index contributed by atoms with van der Waals surface area (Å²) in [5, 5.41) is 13.2. The van der Waals surface area contributed by atoms with Crippen molar-refractivity contribution >= 4 is 22.7 Å². The number of aliphatic hydroxyl groups is 1. The van der Waals surface area contributed by atoms with Gasteiger partial charge in [-0.2, -0.15) is 0 Å². The van der Waals surface area contributed by atoms with Crippen LogP contribution >= 0.6 is 0 Å². The third kappa shape index (κ3) is 3.33. The third-order valence-electron chi connectivity index (χ3n) is 8.29. The van der Waals surface area contributed by atoms with Crippen LogP contribution in [0, 0.1) is 0 Å². The van der Waals surface area contributed by atoms with Crippen LogP contribution in [0.3, 0.4) is 0 Å². The van der Waals surface area contributed by atoms with Crippen LogP contribution < -0.4 is 4.74 Å². The Kier molecular flexibility index (Phi) is 5.70. The number of amides is 2. The van der Waals surface area contributed by atoms with E-state index in [0.717, 1.165) is 22.2 Å². The van der Waals surface area contributed by atoms with Crippen molar-refractivity contribution < 1.29 is 33.9 Å². The number of methoxy groups -OCH3 is 2. The van der Waals surface area contributed by atoms with Gasteiger partial charge >= 0.3 is 0 Å². The van der Waals surface area contributed by atoms with Crippen molar-refractivity contribution in [2.75, 3.05) is 20.8 Å². The Morgan fingerprint density at radius 3 is 2.63 bits per heavy atom. The molecule has 2 aromatic rings. The largest absolute Gasteiger partial charge is 0.497 e. The lowest BCUT2D eigenvalue weighted by Crippen LogP contribution is -2.74. The zero-order valence-electron chi connectivity index (χ0n) is 22.7. The Labute approximate surface area is 221 Å². The highest BCUT2D eigenvalue weighted by Crippen LogP contribution is 2.56. The fourth-order valence-electron chi connectivity index (χ4n) is 6.80. The van der Waals surface area contributed by atoms with Gasteiger partial charge in [0.25, 0.3) is 11.6 Å². The lowest BCUT2D eigenvalue weighted by atomic mass is 9.79. The van der Waals surface area contributed by atoms with Gasteiger partial charge in [-0.3, -0.25) is 14.5 Å². The van der Waals surface area contributed by atoms with Gasteiger partial charge in [0, 0.05) is 37.1 Å². The lowest BCUT2D eigenvalue weighted by Gasteiger charge is -2.56. The first-order chi connectivity index (χ1) is 18.0. The summed E-state index contributed by atoms with van der Waals surface area (Å²) in [7, 11) is 3.07. The Morgan fingerprint density at radius 1 is 1.18 bits per heavy atom. The van der Waals surface area contributed by atoms with Crippen LogP contribution in [-0.4, -0.2) is 69.4 Å². The average molecular weight is 526 g/mol. The number of carbonyl (C=O) groups excluding carboxylic acids is 2. The monoisotopic (exact) mass is 525 g/mol. The molecule has 2 fully saturated rings. The fraction of sp³-hybridized carbons (Fsp3) is 0.571. The molecule has 4 aliphatic heterocycles. The molecule has 2 amide bonds. The molecule has 5 unspecified atom stereocenters. The summed E-state index contributed by atoms with van der Waals surface area (Å²) in [4.78, 5) is 43.2. The summed E-state index contributed by atoms with van der Waals surface area (Å²) >= 11 is 0. The first-order valence-electron chi connectivity index (χ1n) is 13.1. The van der Waals surface area contributed by atoms with Crippen LogP contribution in [0.4, 0.5) is 0 Å². The van der Waals surface area contributed by atoms with Gasteiger partial charge in [-0.1, -0.05) is 5.57 Å². The van der Waals surface area contributed by atoms with E-state index in [2.05, 4.69) is 0 Å². The molecule has 5 heterocycles. The molecule has 2 saturated heterocycles. The van der Waals surface area contributed by atoms with Crippen LogP contribution in [0.1, 0.15) is 76.6 Å². The topological polar surface area (TPSA) is 103 Å². The van der Waals surface area contributed by atoms with E-state index in [0.29, 0.717) is 37.1 Å². The number of rotatable bonds is 3. The van der Waals surface area contributed by atoms with Gasteiger partial charge in [0.1, 0.15) is 23.5 Å². The molecule has 5 atom stereocenters. The SMILES string of the molecule is COc1ccc2c3c4n(c2c1)C(C=C(C)C)OOC(C)(C)CC4N1C(=O)C2CCCN2C(=O)C1(O)C3OC. The van der Waals surface area contributed by atoms with Gasteiger partial charge in [0.05, 0.1) is 24.4 Å². The minimum absolute atomic E-state index is 0.271. The first-order valence-corrected chi connectivity index (χ1v) is 13.1. The number of hydrogen-bond donors (Lipinski definition) is 1. The van der Waals surface area contributed by atoms with Crippen molar-refractivity contribution in [1.82, 2.24) is 14.4 Å². The molecule has 0 spiro atoms. The number of benzene rings is 1. The molecule has 0 saturated carbocycles. The number of carbonyl (C=O) groups is 2. The highest BCUT2D eigenvalue weighted by Gasteiger charge is 2.67. The highest BCUT2D eigenvalue weighted by atomic mass is 17.2. The van der Waals surface area contributed by atoms with E-state index in [-0.39, 0.29) is 5.91 Å². The second-order valence-corrected chi connectivity index (χ2v) is 11.6. The fourth-order valence-corrected chi connectivity index (χ4v) is 6.80. The third-order valence-corrected chi connectivity index (χ3v) is 8.29. The predicted octanol–water partition coefficient (Wildman–Crippen LogP) is 3.51. The minimum atomic E-state index is -2.20. The average Bonchev–Trinajstić information content (AvgIpc) is 3.48. The van der Waals surface area contributed by atoms with E-state index >= 15 is 0 Å². The van der Waals surface area contributed by atoms with Crippen LogP contribution in [-0.2, 0) is 24.1 Å². The molecule has 38 heavy (non-hydrogen) atoms. The van der Waals surface area contributed by atoms with Crippen LogP contribution in [0.5, 0.6) is 5.75 Å². The molecule has 10 heteroatoms. The molecule has 0 radical (unpaired) electrons. The number of nitrogens with zero attached hydrogens (tertiary/aromatic N) is 3. The van der Waals surface area contributed by atoms with Crippen molar-refractivity contribution in [3.8, 4) is 5.75 Å². The lowest BCUT2D eigenvalue weighted by molar-refractivity contribution is -0.390. The van der Waals surface area contributed by atoms with Crippen LogP contribution in [0.25, 0.3) is 10.9 Å². The smallest absolute Gasteiger partial charge is 0.279 e. The van der Waals surface area contributed by atoms with E-state index in [1.807, 2.05) is 56.5 Å². The Hall–Kier alpha value is -2.92. The van der Waals surface area contributed by atoms with Crippen molar-refractivity contribution in [2.24, 2.45) is 0 Å². The number of allylic oxidation sites excluding steroid dienone is 1. The van der Waals surface area contributed by atoms with Gasteiger partial charge in [-0.15, -0.1) is 0 Å². The highest BCUT2D eigenvalue weighted by molar-refractivity contribution is 6.02. The van der Waals surface area contributed by atoms with Crippen molar-refractivity contribution in [1.29, 1.82) is 0 Å². The molecule has 1 aromatic heterocycles. The second kappa shape index (κ2) is 8.54. The zero-order chi connectivity index (χ0) is 27.1. The molecule has 4 aliphatic rings. The maximum Gasteiger partial charge on any atom is 0.279 e. The number of ether oxygens (including phenoxy) is 2. The number of hydrogen-bond acceptors (Lipinski definition) is 7. The summed E-state index contributed by atoms with van der Waals surface area (Å²) in [6, 6.07) is 4.37. The summed E-state index contributed by atoms with van der Waals surface area (Å²) < 4.78 is 13.5. The second-order valence-electron chi connectivity index (χ2n) is 11.6. The normalized spacial score (nSPS) is 31.9.